The molecule has 0 aromatic heterocycles. The topological polar surface area (TPSA) is 86.7 Å². The first kappa shape index (κ1) is 17.4. The molecule has 0 radical (unpaired) electrons. The number of nitrogens with one attached hydrogen (secondary N) is 1. The van der Waals surface area contributed by atoms with Crippen molar-refractivity contribution in [3.63, 3.8) is 0 Å². The minimum absolute atomic E-state index is 0.152. The van der Waals surface area contributed by atoms with E-state index in [4.69, 9.17) is 5.11 Å². The van der Waals surface area contributed by atoms with Gasteiger partial charge in [0, 0.05) is 13.1 Å². The molecule has 0 saturated carbocycles. The molecule has 0 amide bonds. The van der Waals surface area contributed by atoms with Gasteiger partial charge in [0.2, 0.25) is 0 Å². The fourth-order valence-corrected chi connectivity index (χ4v) is 3.27. The highest BCUT2D eigenvalue weighted by molar-refractivity contribution is 7.90. The van der Waals surface area contributed by atoms with E-state index in [1.807, 2.05) is 13.8 Å². The lowest BCUT2D eigenvalue weighted by atomic mass is 10.2. The first-order chi connectivity index (χ1) is 9.81. The lowest BCUT2D eigenvalue weighted by Crippen LogP contribution is -2.37. The maximum absolute atomic E-state index is 13.1. The fraction of sp³-hybridized carbons (Fsp3) is 0.462. The lowest BCUT2D eigenvalue weighted by Gasteiger charge is -2.22. The summed E-state index contributed by atoms with van der Waals surface area (Å²) in [6.07, 6.45) is 1.27. The van der Waals surface area contributed by atoms with E-state index in [-0.39, 0.29) is 5.69 Å². The number of anilines is 1. The van der Waals surface area contributed by atoms with Crippen LogP contribution in [0, 0.1) is 5.82 Å². The smallest absolute Gasteiger partial charge is 0.337 e. The third kappa shape index (κ3) is 4.68. The second-order valence-electron chi connectivity index (χ2n) is 4.50. The highest BCUT2D eigenvalue weighted by Crippen LogP contribution is 2.20. The van der Waals surface area contributed by atoms with E-state index in [9.17, 15) is 17.6 Å². The number of aromatic carboxylic acids is 1. The van der Waals surface area contributed by atoms with Gasteiger partial charge in [-0.15, -0.1) is 0 Å². The number of rotatable bonds is 8. The zero-order chi connectivity index (χ0) is 16.0. The van der Waals surface area contributed by atoms with Gasteiger partial charge < -0.3 is 5.11 Å². The van der Waals surface area contributed by atoms with Crippen LogP contribution >= 0.6 is 0 Å². The van der Waals surface area contributed by atoms with Crippen molar-refractivity contribution in [2.45, 2.75) is 26.7 Å². The fourth-order valence-electron chi connectivity index (χ4n) is 1.84. The Labute approximate surface area is 123 Å². The summed E-state index contributed by atoms with van der Waals surface area (Å²) in [5.74, 6) is -2.14. The normalized spacial score (nSPS) is 11.6. The lowest BCUT2D eigenvalue weighted by molar-refractivity contribution is 0.0697. The molecule has 0 aliphatic carbocycles. The third-order valence-electron chi connectivity index (χ3n) is 2.74. The standard InChI is InChI=1S/C13H19FN2O4S/c1-3-7-16(8-4-2)21(19,20)15-12-6-5-10(14)9-11(12)13(17)18/h5-6,9,15H,3-4,7-8H2,1-2H3,(H,17,18). The molecule has 8 heteroatoms. The van der Waals surface area contributed by atoms with Crippen LogP contribution in [0.5, 0.6) is 0 Å². The Morgan fingerprint density at radius 1 is 1.29 bits per heavy atom. The van der Waals surface area contributed by atoms with Crippen LogP contribution in [-0.2, 0) is 10.2 Å². The van der Waals surface area contributed by atoms with Crippen LogP contribution in [0.4, 0.5) is 10.1 Å². The van der Waals surface area contributed by atoms with Gasteiger partial charge in [0.1, 0.15) is 5.82 Å². The number of hydrogen-bond acceptors (Lipinski definition) is 3. The Kier molecular flexibility index (Phi) is 6.10. The molecule has 0 unspecified atom stereocenters. The molecule has 0 aliphatic heterocycles. The summed E-state index contributed by atoms with van der Waals surface area (Å²) in [5, 5.41) is 9.02. The van der Waals surface area contributed by atoms with Crippen LogP contribution in [0.25, 0.3) is 0 Å². The summed E-state index contributed by atoms with van der Waals surface area (Å²) in [6, 6.07) is 2.89. The van der Waals surface area contributed by atoms with Gasteiger partial charge in [0.05, 0.1) is 11.3 Å². The van der Waals surface area contributed by atoms with E-state index in [0.29, 0.717) is 25.9 Å². The first-order valence-electron chi connectivity index (χ1n) is 6.62. The van der Waals surface area contributed by atoms with Gasteiger partial charge in [-0.05, 0) is 31.0 Å². The van der Waals surface area contributed by atoms with E-state index in [2.05, 4.69) is 4.72 Å². The maximum Gasteiger partial charge on any atom is 0.337 e. The van der Waals surface area contributed by atoms with E-state index < -0.39 is 27.6 Å². The predicted molar refractivity (Wildman–Crippen MR) is 78.1 cm³/mol. The molecule has 6 nitrogen and oxygen atoms in total. The summed E-state index contributed by atoms with van der Waals surface area (Å²) in [4.78, 5) is 11.1. The molecule has 1 rings (SSSR count). The van der Waals surface area contributed by atoms with Crippen molar-refractivity contribution in [2.75, 3.05) is 17.8 Å². The van der Waals surface area contributed by atoms with Crippen molar-refractivity contribution in [3.05, 3.63) is 29.6 Å². The summed E-state index contributed by atoms with van der Waals surface area (Å²) in [5.41, 5.74) is -0.576. The monoisotopic (exact) mass is 318 g/mol. The number of hydrogen-bond donors (Lipinski definition) is 2. The molecule has 1 aromatic rings. The van der Waals surface area contributed by atoms with Crippen molar-refractivity contribution in [1.29, 1.82) is 0 Å². The van der Waals surface area contributed by atoms with E-state index in [1.165, 1.54) is 4.31 Å². The Hall–Kier alpha value is -1.67. The molecule has 0 aliphatic rings. The van der Waals surface area contributed by atoms with Gasteiger partial charge in [-0.2, -0.15) is 12.7 Å². The van der Waals surface area contributed by atoms with Gasteiger partial charge >= 0.3 is 16.2 Å². The number of benzene rings is 1. The quantitative estimate of drug-likeness (QED) is 0.770. The van der Waals surface area contributed by atoms with Crippen LogP contribution in [0.3, 0.4) is 0 Å². The Bertz CT molecular complexity index is 598. The van der Waals surface area contributed by atoms with Gasteiger partial charge in [-0.3, -0.25) is 4.72 Å². The molecule has 0 spiro atoms. The Balaban J connectivity index is 3.11. The molecule has 0 saturated heterocycles. The molecule has 2 N–H and O–H groups in total. The zero-order valence-electron chi connectivity index (χ0n) is 12.0. The average Bonchev–Trinajstić information content (AvgIpc) is 2.40. The number of carboxylic acids is 1. The van der Waals surface area contributed by atoms with Crippen molar-refractivity contribution in [1.82, 2.24) is 4.31 Å². The van der Waals surface area contributed by atoms with Gasteiger partial charge in [-0.1, -0.05) is 13.8 Å². The number of carbonyl (C=O) groups is 1. The van der Waals surface area contributed by atoms with Gasteiger partial charge in [-0.25, -0.2) is 9.18 Å². The van der Waals surface area contributed by atoms with Crippen molar-refractivity contribution in [3.8, 4) is 0 Å². The second-order valence-corrected chi connectivity index (χ2v) is 6.17. The first-order valence-corrected chi connectivity index (χ1v) is 8.06. The molecule has 0 atom stereocenters. The predicted octanol–water partition coefficient (Wildman–Crippen LogP) is 2.30. The van der Waals surface area contributed by atoms with Gasteiger partial charge in [0.25, 0.3) is 0 Å². The zero-order valence-corrected chi connectivity index (χ0v) is 12.8. The SMILES string of the molecule is CCCN(CCC)S(=O)(=O)Nc1ccc(F)cc1C(=O)O. The van der Waals surface area contributed by atoms with Crippen molar-refractivity contribution in [2.24, 2.45) is 0 Å². The molecule has 0 fully saturated rings. The van der Waals surface area contributed by atoms with E-state index in [1.54, 1.807) is 0 Å². The molecular weight excluding hydrogens is 299 g/mol. The number of halogens is 1. The summed E-state index contributed by atoms with van der Waals surface area (Å²) in [6.45, 7) is 4.34. The van der Waals surface area contributed by atoms with Crippen LogP contribution in [-0.4, -0.2) is 36.9 Å². The van der Waals surface area contributed by atoms with Crippen LogP contribution in [0.1, 0.15) is 37.0 Å². The van der Waals surface area contributed by atoms with E-state index >= 15 is 0 Å². The molecule has 0 bridgehead atoms. The summed E-state index contributed by atoms with van der Waals surface area (Å²) in [7, 11) is -3.87. The van der Waals surface area contributed by atoms with Crippen molar-refractivity contribution >= 4 is 21.9 Å². The molecule has 118 valence electrons. The van der Waals surface area contributed by atoms with E-state index in [0.717, 1.165) is 18.2 Å². The Morgan fingerprint density at radius 2 is 1.86 bits per heavy atom. The molecule has 0 heterocycles. The maximum atomic E-state index is 13.1. The van der Waals surface area contributed by atoms with Crippen LogP contribution in [0.2, 0.25) is 0 Å². The Morgan fingerprint density at radius 3 is 2.33 bits per heavy atom. The van der Waals surface area contributed by atoms with Crippen LogP contribution in [0.15, 0.2) is 18.2 Å². The average molecular weight is 318 g/mol. The number of carboxylic acid groups (broad SMARTS) is 1. The third-order valence-corrected chi connectivity index (χ3v) is 4.26. The minimum atomic E-state index is -3.87. The van der Waals surface area contributed by atoms with Crippen molar-refractivity contribution < 1.29 is 22.7 Å². The molecule has 1 aromatic carbocycles. The van der Waals surface area contributed by atoms with Gasteiger partial charge in [0.15, 0.2) is 0 Å². The molecular formula is C13H19FN2O4S. The number of nitrogens with zero attached hydrogens (tertiary/aromatic N) is 1. The minimum Gasteiger partial charge on any atom is -0.478 e. The highest BCUT2D eigenvalue weighted by Gasteiger charge is 2.23. The summed E-state index contributed by atoms with van der Waals surface area (Å²) >= 11 is 0. The largest absolute Gasteiger partial charge is 0.478 e. The molecule has 21 heavy (non-hydrogen) atoms. The summed E-state index contributed by atoms with van der Waals surface area (Å²) < 4.78 is 41.1. The van der Waals surface area contributed by atoms with Crippen LogP contribution < -0.4 is 4.72 Å². The highest BCUT2D eigenvalue weighted by atomic mass is 32.2. The second kappa shape index (κ2) is 7.37.